The molecule has 0 unspecified atom stereocenters. The van der Waals surface area contributed by atoms with Crippen molar-refractivity contribution >= 4 is 33.8 Å². The number of rotatable bonds is 6. The standard InChI is InChI=1S/C22H24BrN5O2/c1-15-5-8-27(9-6-15)22(30)17(13-24)11-18-14-28(10-7-20(25)29)26-21(18)16-3-2-4-19(23)12-16/h2-4,11-12,14-15H,5-10H2,1H3,(H2,25,29)/b17-11+. The van der Waals surface area contributed by atoms with Gasteiger partial charge in [-0.15, -0.1) is 0 Å². The minimum absolute atomic E-state index is 0.0789. The van der Waals surface area contributed by atoms with Crippen LogP contribution in [-0.2, 0) is 16.1 Å². The SMILES string of the molecule is CC1CCN(C(=O)/C(C#N)=C/c2cn(CCC(N)=O)nc2-c2cccc(Br)c2)CC1. The third-order valence-electron chi connectivity index (χ3n) is 5.20. The van der Waals surface area contributed by atoms with E-state index in [2.05, 4.69) is 34.0 Å². The Morgan fingerprint density at radius 3 is 2.73 bits per heavy atom. The number of aromatic nitrogens is 2. The molecule has 156 valence electrons. The number of amides is 2. The van der Waals surface area contributed by atoms with Crippen LogP contribution in [0.2, 0.25) is 0 Å². The number of carbonyl (C=O) groups excluding carboxylic acids is 2. The quantitative estimate of drug-likeness (QED) is 0.516. The second-order valence-corrected chi connectivity index (χ2v) is 8.48. The number of primary amides is 1. The van der Waals surface area contributed by atoms with E-state index >= 15 is 0 Å². The van der Waals surface area contributed by atoms with Crippen molar-refractivity contribution in [1.82, 2.24) is 14.7 Å². The van der Waals surface area contributed by atoms with Gasteiger partial charge in [0.1, 0.15) is 11.6 Å². The first kappa shape index (κ1) is 21.8. The zero-order chi connectivity index (χ0) is 21.7. The van der Waals surface area contributed by atoms with E-state index < -0.39 is 5.91 Å². The Labute approximate surface area is 184 Å². The van der Waals surface area contributed by atoms with Gasteiger partial charge in [0.05, 0.1) is 5.69 Å². The van der Waals surface area contributed by atoms with Crippen LogP contribution in [0.4, 0.5) is 0 Å². The Hall–Kier alpha value is -2.92. The molecule has 30 heavy (non-hydrogen) atoms. The predicted octanol–water partition coefficient (Wildman–Crippen LogP) is 3.35. The van der Waals surface area contributed by atoms with Gasteiger partial charge in [0, 0.05) is 47.9 Å². The Bertz CT molecular complexity index is 1010. The fourth-order valence-corrected chi connectivity index (χ4v) is 3.82. The molecule has 7 nitrogen and oxygen atoms in total. The van der Waals surface area contributed by atoms with Crippen molar-refractivity contribution < 1.29 is 9.59 Å². The van der Waals surface area contributed by atoms with Crippen molar-refractivity contribution in [2.24, 2.45) is 11.7 Å². The van der Waals surface area contributed by atoms with Crippen molar-refractivity contribution in [3.63, 3.8) is 0 Å². The molecule has 3 rings (SSSR count). The van der Waals surface area contributed by atoms with Crippen LogP contribution in [-0.4, -0.2) is 39.6 Å². The van der Waals surface area contributed by atoms with Crippen molar-refractivity contribution in [2.75, 3.05) is 13.1 Å². The van der Waals surface area contributed by atoms with Crippen LogP contribution in [0.3, 0.4) is 0 Å². The number of halogens is 1. The molecule has 2 aromatic rings. The van der Waals surface area contributed by atoms with Gasteiger partial charge < -0.3 is 10.6 Å². The van der Waals surface area contributed by atoms with Gasteiger partial charge in [-0.1, -0.05) is 35.0 Å². The van der Waals surface area contributed by atoms with E-state index in [1.807, 2.05) is 24.3 Å². The summed E-state index contributed by atoms with van der Waals surface area (Å²) in [6.45, 7) is 3.82. The summed E-state index contributed by atoms with van der Waals surface area (Å²) < 4.78 is 2.51. The minimum Gasteiger partial charge on any atom is -0.370 e. The Morgan fingerprint density at radius 1 is 1.37 bits per heavy atom. The average molecular weight is 470 g/mol. The van der Waals surface area contributed by atoms with Crippen LogP contribution in [0.5, 0.6) is 0 Å². The molecule has 1 aliphatic heterocycles. The highest BCUT2D eigenvalue weighted by Gasteiger charge is 2.24. The first-order valence-corrected chi connectivity index (χ1v) is 10.7. The third kappa shape index (κ3) is 5.36. The van der Waals surface area contributed by atoms with E-state index in [9.17, 15) is 14.9 Å². The predicted molar refractivity (Wildman–Crippen MR) is 118 cm³/mol. The summed E-state index contributed by atoms with van der Waals surface area (Å²) in [4.78, 5) is 25.8. The van der Waals surface area contributed by atoms with Gasteiger partial charge in [-0.2, -0.15) is 10.4 Å². The molecule has 0 atom stereocenters. The Kier molecular flexibility index (Phi) is 7.06. The molecule has 0 spiro atoms. The maximum atomic E-state index is 12.9. The highest BCUT2D eigenvalue weighted by molar-refractivity contribution is 9.10. The van der Waals surface area contributed by atoms with E-state index in [1.54, 1.807) is 21.9 Å². The van der Waals surface area contributed by atoms with E-state index in [0.717, 1.165) is 22.9 Å². The number of carbonyl (C=O) groups is 2. The third-order valence-corrected chi connectivity index (χ3v) is 5.69. The molecule has 0 saturated carbocycles. The molecule has 8 heteroatoms. The second-order valence-electron chi connectivity index (χ2n) is 7.57. The number of aryl methyl sites for hydroxylation is 1. The van der Waals surface area contributed by atoms with Crippen LogP contribution in [0.25, 0.3) is 17.3 Å². The summed E-state index contributed by atoms with van der Waals surface area (Å²) in [7, 11) is 0. The first-order chi connectivity index (χ1) is 14.4. The molecule has 2 amide bonds. The fraction of sp³-hybridized carbons (Fsp3) is 0.364. The van der Waals surface area contributed by atoms with Gasteiger partial charge in [0.25, 0.3) is 5.91 Å². The lowest BCUT2D eigenvalue weighted by molar-refractivity contribution is -0.127. The lowest BCUT2D eigenvalue weighted by Gasteiger charge is -2.30. The summed E-state index contributed by atoms with van der Waals surface area (Å²) in [5.74, 6) is -0.0801. The molecule has 2 heterocycles. The van der Waals surface area contributed by atoms with E-state index in [0.29, 0.717) is 36.8 Å². The monoisotopic (exact) mass is 469 g/mol. The summed E-state index contributed by atoms with van der Waals surface area (Å²) in [5, 5.41) is 14.2. The summed E-state index contributed by atoms with van der Waals surface area (Å²) in [6, 6.07) is 9.67. The molecule has 0 radical (unpaired) electrons. The molecular weight excluding hydrogens is 446 g/mol. The smallest absolute Gasteiger partial charge is 0.264 e. The Morgan fingerprint density at radius 2 is 2.10 bits per heavy atom. The number of benzene rings is 1. The molecule has 1 saturated heterocycles. The van der Waals surface area contributed by atoms with Crippen molar-refractivity contribution in [2.45, 2.75) is 32.7 Å². The lowest BCUT2D eigenvalue weighted by atomic mass is 9.98. The molecule has 1 fully saturated rings. The normalized spacial score (nSPS) is 15.1. The van der Waals surface area contributed by atoms with Gasteiger partial charge in [-0.05, 0) is 37.0 Å². The van der Waals surface area contributed by atoms with Gasteiger partial charge in [-0.3, -0.25) is 14.3 Å². The Balaban J connectivity index is 1.96. The number of piperidine rings is 1. The highest BCUT2D eigenvalue weighted by Crippen LogP contribution is 2.27. The molecule has 1 aliphatic rings. The van der Waals surface area contributed by atoms with E-state index in [4.69, 9.17) is 5.73 Å². The maximum Gasteiger partial charge on any atom is 0.264 e. The number of hydrogen-bond donors (Lipinski definition) is 1. The van der Waals surface area contributed by atoms with Crippen LogP contribution in [0.1, 0.15) is 31.7 Å². The number of nitriles is 1. The molecule has 0 bridgehead atoms. The highest BCUT2D eigenvalue weighted by atomic mass is 79.9. The number of hydrogen-bond acceptors (Lipinski definition) is 4. The van der Waals surface area contributed by atoms with E-state index in [-0.39, 0.29) is 17.9 Å². The summed E-state index contributed by atoms with van der Waals surface area (Å²) >= 11 is 3.46. The number of nitrogens with zero attached hydrogens (tertiary/aromatic N) is 4. The number of likely N-dealkylation sites (tertiary alicyclic amines) is 1. The average Bonchev–Trinajstić information content (AvgIpc) is 3.13. The summed E-state index contributed by atoms with van der Waals surface area (Å²) in [5.41, 5.74) is 7.46. The van der Waals surface area contributed by atoms with Crippen LogP contribution in [0, 0.1) is 17.2 Å². The van der Waals surface area contributed by atoms with Crippen molar-refractivity contribution in [1.29, 1.82) is 5.26 Å². The van der Waals surface area contributed by atoms with Gasteiger partial charge >= 0.3 is 0 Å². The zero-order valence-electron chi connectivity index (χ0n) is 16.8. The fourth-order valence-electron chi connectivity index (χ4n) is 3.42. The topological polar surface area (TPSA) is 105 Å². The van der Waals surface area contributed by atoms with Crippen LogP contribution < -0.4 is 5.73 Å². The maximum absolute atomic E-state index is 12.9. The van der Waals surface area contributed by atoms with Gasteiger partial charge in [0.15, 0.2) is 0 Å². The zero-order valence-corrected chi connectivity index (χ0v) is 18.4. The molecule has 0 aliphatic carbocycles. The van der Waals surface area contributed by atoms with Crippen molar-refractivity contribution in [3.8, 4) is 17.3 Å². The molecular formula is C22H24BrN5O2. The van der Waals surface area contributed by atoms with Crippen LogP contribution in [0.15, 0.2) is 40.5 Å². The molecule has 1 aromatic carbocycles. The molecule has 2 N–H and O–H groups in total. The van der Waals surface area contributed by atoms with E-state index in [1.165, 1.54) is 0 Å². The minimum atomic E-state index is -0.418. The molecule has 1 aromatic heterocycles. The number of nitrogens with two attached hydrogens (primary N) is 1. The van der Waals surface area contributed by atoms with Crippen LogP contribution >= 0.6 is 15.9 Å². The second kappa shape index (κ2) is 9.72. The first-order valence-electron chi connectivity index (χ1n) is 9.90. The van der Waals surface area contributed by atoms with Crippen molar-refractivity contribution in [3.05, 3.63) is 46.1 Å². The van der Waals surface area contributed by atoms with Gasteiger partial charge in [0.2, 0.25) is 5.91 Å². The largest absolute Gasteiger partial charge is 0.370 e. The van der Waals surface area contributed by atoms with Gasteiger partial charge in [-0.25, -0.2) is 0 Å². The lowest BCUT2D eigenvalue weighted by Crippen LogP contribution is -2.38. The summed E-state index contributed by atoms with van der Waals surface area (Å²) in [6.07, 6.45) is 5.36.